The second-order valence-corrected chi connectivity index (χ2v) is 7.89. The molecule has 5 heteroatoms. The summed E-state index contributed by atoms with van der Waals surface area (Å²) in [5, 5.41) is 0. The maximum Gasteiger partial charge on any atom is 0.150 e. The molecule has 0 spiro atoms. The van der Waals surface area contributed by atoms with E-state index in [0.29, 0.717) is 19.6 Å². The fraction of sp³-hybridized carbons (Fsp3) is 1.00. The van der Waals surface area contributed by atoms with E-state index in [-0.39, 0.29) is 17.0 Å². The minimum atomic E-state index is -2.86. The zero-order valence-corrected chi connectivity index (χ0v) is 12.3. The van der Waals surface area contributed by atoms with Gasteiger partial charge in [0.25, 0.3) is 0 Å². The highest BCUT2D eigenvalue weighted by Crippen LogP contribution is 2.25. The number of hydrogen-bond donors (Lipinski definition) is 1. The van der Waals surface area contributed by atoms with Gasteiger partial charge in [0, 0.05) is 17.9 Å². The molecule has 0 heterocycles. The van der Waals surface area contributed by atoms with E-state index in [4.69, 9.17) is 10.5 Å². The lowest BCUT2D eigenvalue weighted by Crippen LogP contribution is -2.44. The van der Waals surface area contributed by atoms with E-state index in [1.807, 2.05) is 0 Å². The van der Waals surface area contributed by atoms with Gasteiger partial charge in [0.05, 0.1) is 12.4 Å². The summed E-state index contributed by atoms with van der Waals surface area (Å²) in [5.41, 5.74) is 6.13. The topological polar surface area (TPSA) is 69.4 Å². The molecule has 1 fully saturated rings. The summed E-state index contributed by atoms with van der Waals surface area (Å²) in [6.45, 7) is 2.74. The molecule has 108 valence electrons. The van der Waals surface area contributed by atoms with Crippen molar-refractivity contribution in [2.24, 2.45) is 5.73 Å². The van der Waals surface area contributed by atoms with E-state index in [2.05, 4.69) is 0 Å². The van der Waals surface area contributed by atoms with Crippen LogP contribution in [0, 0.1) is 0 Å². The van der Waals surface area contributed by atoms with Crippen molar-refractivity contribution >= 4 is 9.84 Å². The molecule has 0 amide bonds. The van der Waals surface area contributed by atoms with Gasteiger partial charge in [0.1, 0.15) is 9.84 Å². The van der Waals surface area contributed by atoms with Gasteiger partial charge in [-0.2, -0.15) is 0 Å². The van der Waals surface area contributed by atoms with Crippen molar-refractivity contribution in [1.82, 2.24) is 0 Å². The third-order valence-corrected chi connectivity index (χ3v) is 5.46. The quantitative estimate of drug-likeness (QED) is 0.570. The van der Waals surface area contributed by atoms with Gasteiger partial charge in [-0.05, 0) is 19.3 Å². The Morgan fingerprint density at radius 3 is 2.33 bits per heavy atom. The maximum atomic E-state index is 11.3. The molecular formula is C13H27NO3S. The van der Waals surface area contributed by atoms with Gasteiger partial charge in [0.2, 0.25) is 0 Å². The predicted molar refractivity (Wildman–Crippen MR) is 74.4 cm³/mol. The Labute approximate surface area is 111 Å². The fourth-order valence-corrected chi connectivity index (χ4v) is 3.22. The van der Waals surface area contributed by atoms with E-state index < -0.39 is 9.84 Å². The lowest BCUT2D eigenvalue weighted by atomic mass is 9.93. The average molecular weight is 277 g/mol. The standard InChI is InChI=1S/C13H27NO3S/c1-2-18(15,16)11-7-10-17-12-13(14)8-5-3-4-6-9-13/h2-12,14H2,1H3. The lowest BCUT2D eigenvalue weighted by molar-refractivity contribution is 0.0786. The zero-order valence-electron chi connectivity index (χ0n) is 11.5. The van der Waals surface area contributed by atoms with Gasteiger partial charge in [-0.3, -0.25) is 0 Å². The van der Waals surface area contributed by atoms with Gasteiger partial charge < -0.3 is 10.5 Å². The first-order valence-electron chi connectivity index (χ1n) is 7.04. The molecule has 1 rings (SSSR count). The van der Waals surface area contributed by atoms with Crippen LogP contribution in [0.3, 0.4) is 0 Å². The molecule has 0 radical (unpaired) electrons. The molecule has 0 aliphatic heterocycles. The number of hydrogen-bond acceptors (Lipinski definition) is 4. The van der Waals surface area contributed by atoms with E-state index in [1.54, 1.807) is 6.92 Å². The minimum Gasteiger partial charge on any atom is -0.380 e. The molecule has 0 aromatic rings. The van der Waals surface area contributed by atoms with Gasteiger partial charge in [-0.25, -0.2) is 8.42 Å². The first kappa shape index (κ1) is 15.9. The summed E-state index contributed by atoms with van der Waals surface area (Å²) in [6, 6.07) is 0. The molecule has 0 saturated heterocycles. The largest absolute Gasteiger partial charge is 0.380 e. The van der Waals surface area contributed by atoms with Gasteiger partial charge in [-0.1, -0.05) is 32.6 Å². The predicted octanol–water partition coefficient (Wildman–Crippen LogP) is 1.88. The van der Waals surface area contributed by atoms with Crippen molar-refractivity contribution in [2.75, 3.05) is 24.7 Å². The third-order valence-electron chi connectivity index (χ3n) is 3.67. The van der Waals surface area contributed by atoms with Crippen LogP contribution in [-0.2, 0) is 14.6 Å². The molecule has 4 nitrogen and oxygen atoms in total. The van der Waals surface area contributed by atoms with E-state index in [9.17, 15) is 8.42 Å². The molecule has 0 atom stereocenters. The summed E-state index contributed by atoms with van der Waals surface area (Å²) in [7, 11) is -2.86. The first-order valence-corrected chi connectivity index (χ1v) is 8.87. The van der Waals surface area contributed by atoms with Crippen LogP contribution in [0.2, 0.25) is 0 Å². The second kappa shape index (κ2) is 7.46. The smallest absolute Gasteiger partial charge is 0.150 e. The number of sulfone groups is 1. The molecule has 2 N–H and O–H groups in total. The lowest BCUT2D eigenvalue weighted by Gasteiger charge is -2.27. The number of nitrogens with two attached hydrogens (primary N) is 1. The van der Waals surface area contributed by atoms with Crippen LogP contribution in [0.4, 0.5) is 0 Å². The van der Waals surface area contributed by atoms with Crippen LogP contribution in [-0.4, -0.2) is 38.7 Å². The van der Waals surface area contributed by atoms with Gasteiger partial charge in [-0.15, -0.1) is 0 Å². The SMILES string of the molecule is CCS(=O)(=O)CCCOCC1(N)CCCCCC1. The van der Waals surface area contributed by atoms with Crippen LogP contribution in [0.15, 0.2) is 0 Å². The Morgan fingerprint density at radius 1 is 1.17 bits per heavy atom. The van der Waals surface area contributed by atoms with Crippen molar-refractivity contribution in [3.05, 3.63) is 0 Å². The molecule has 0 aromatic heterocycles. The van der Waals surface area contributed by atoms with E-state index in [1.165, 1.54) is 25.7 Å². The monoisotopic (exact) mass is 277 g/mol. The van der Waals surface area contributed by atoms with Crippen molar-refractivity contribution in [2.45, 2.75) is 57.4 Å². The molecule has 0 aromatic carbocycles. The Bertz CT molecular complexity index is 319. The van der Waals surface area contributed by atoms with Crippen LogP contribution < -0.4 is 5.73 Å². The molecular weight excluding hydrogens is 250 g/mol. The molecule has 1 aliphatic rings. The Kier molecular flexibility index (Phi) is 6.60. The molecule has 0 unspecified atom stereocenters. The first-order chi connectivity index (χ1) is 8.47. The molecule has 1 saturated carbocycles. The third kappa shape index (κ3) is 6.16. The normalized spacial score (nSPS) is 20.6. The van der Waals surface area contributed by atoms with Crippen LogP contribution in [0.5, 0.6) is 0 Å². The Morgan fingerprint density at radius 2 is 1.78 bits per heavy atom. The summed E-state index contributed by atoms with van der Waals surface area (Å²) in [4.78, 5) is 0. The Hall–Kier alpha value is -0.130. The number of rotatable bonds is 7. The molecule has 1 aliphatic carbocycles. The number of ether oxygens (including phenoxy) is 1. The molecule has 18 heavy (non-hydrogen) atoms. The van der Waals surface area contributed by atoms with Crippen molar-refractivity contribution in [3.8, 4) is 0 Å². The van der Waals surface area contributed by atoms with E-state index >= 15 is 0 Å². The van der Waals surface area contributed by atoms with Gasteiger partial charge in [0.15, 0.2) is 0 Å². The van der Waals surface area contributed by atoms with E-state index in [0.717, 1.165) is 12.8 Å². The summed E-state index contributed by atoms with van der Waals surface area (Å²) >= 11 is 0. The summed E-state index contributed by atoms with van der Waals surface area (Å²) in [5.74, 6) is 0.439. The minimum absolute atomic E-state index is 0.180. The fourth-order valence-electron chi connectivity index (χ4n) is 2.38. The highest BCUT2D eigenvalue weighted by atomic mass is 32.2. The van der Waals surface area contributed by atoms with Crippen LogP contribution in [0.25, 0.3) is 0 Å². The zero-order chi connectivity index (χ0) is 13.5. The molecule has 0 bridgehead atoms. The average Bonchev–Trinajstić information content (AvgIpc) is 2.54. The highest BCUT2D eigenvalue weighted by Gasteiger charge is 2.26. The van der Waals surface area contributed by atoms with Crippen LogP contribution >= 0.6 is 0 Å². The summed E-state index contributed by atoms with van der Waals surface area (Å²) in [6.07, 6.45) is 7.54. The van der Waals surface area contributed by atoms with Crippen LogP contribution in [0.1, 0.15) is 51.9 Å². The highest BCUT2D eigenvalue weighted by molar-refractivity contribution is 7.91. The van der Waals surface area contributed by atoms with Crippen molar-refractivity contribution < 1.29 is 13.2 Å². The maximum absolute atomic E-state index is 11.3. The Balaban J connectivity index is 2.16. The van der Waals surface area contributed by atoms with Crippen molar-refractivity contribution in [3.63, 3.8) is 0 Å². The van der Waals surface area contributed by atoms with Crippen molar-refractivity contribution in [1.29, 1.82) is 0 Å². The summed E-state index contributed by atoms with van der Waals surface area (Å²) < 4.78 is 28.2. The van der Waals surface area contributed by atoms with Gasteiger partial charge >= 0.3 is 0 Å². The second-order valence-electron chi connectivity index (χ2n) is 5.42.